The summed E-state index contributed by atoms with van der Waals surface area (Å²) in [4.78, 5) is 0. The zero-order chi connectivity index (χ0) is 10.6. The molecule has 1 aliphatic carbocycles. The van der Waals surface area contributed by atoms with E-state index in [-0.39, 0.29) is 31.1 Å². The number of rotatable bonds is 0. The van der Waals surface area contributed by atoms with E-state index >= 15 is 0 Å². The van der Waals surface area contributed by atoms with E-state index in [2.05, 4.69) is 38.1 Å². The standard InChI is InChI=1S/C12H14.C2H6.U/c1-9-6-7-12-10(2)4-3-5-11(12)8-9;1-2;/h4,6-8H,3,5H2,1-2H3;1-2H3;. The Morgan fingerprint density at radius 2 is 1.73 bits per heavy atom. The zero-order valence-electron chi connectivity index (χ0n) is 10.2. The van der Waals surface area contributed by atoms with E-state index in [9.17, 15) is 0 Å². The van der Waals surface area contributed by atoms with Crippen LogP contribution in [0.2, 0.25) is 0 Å². The molecule has 1 heteroatoms. The first-order valence-corrected chi connectivity index (χ1v) is 5.54. The Labute approximate surface area is 118 Å². The van der Waals surface area contributed by atoms with Crippen LogP contribution >= 0.6 is 0 Å². The third kappa shape index (κ3) is 3.82. The van der Waals surface area contributed by atoms with Crippen molar-refractivity contribution in [1.29, 1.82) is 0 Å². The summed E-state index contributed by atoms with van der Waals surface area (Å²) in [5, 5.41) is 0. The maximum absolute atomic E-state index is 2.33. The predicted molar refractivity (Wildman–Crippen MR) is 64.5 cm³/mol. The Kier molecular flexibility index (Phi) is 7.32. The van der Waals surface area contributed by atoms with Gasteiger partial charge >= 0.3 is 0 Å². The Morgan fingerprint density at radius 3 is 2.40 bits per heavy atom. The van der Waals surface area contributed by atoms with Gasteiger partial charge in [0.25, 0.3) is 0 Å². The minimum absolute atomic E-state index is 0. The van der Waals surface area contributed by atoms with E-state index in [0.29, 0.717) is 0 Å². The molecule has 0 fully saturated rings. The van der Waals surface area contributed by atoms with Crippen molar-refractivity contribution < 1.29 is 31.1 Å². The van der Waals surface area contributed by atoms with Crippen LogP contribution in [0.3, 0.4) is 0 Å². The summed E-state index contributed by atoms with van der Waals surface area (Å²) in [6.45, 7) is 8.36. The van der Waals surface area contributed by atoms with E-state index in [1.165, 1.54) is 35.1 Å². The van der Waals surface area contributed by atoms with Crippen molar-refractivity contribution in [3.8, 4) is 0 Å². The van der Waals surface area contributed by atoms with E-state index in [4.69, 9.17) is 0 Å². The number of aryl methyl sites for hydroxylation is 2. The van der Waals surface area contributed by atoms with Crippen LogP contribution in [-0.2, 0) is 6.42 Å². The molecule has 0 saturated heterocycles. The van der Waals surface area contributed by atoms with Crippen LogP contribution in [0.4, 0.5) is 0 Å². The number of allylic oxidation sites excluding steroid dienone is 2. The summed E-state index contributed by atoms with van der Waals surface area (Å²) in [5.74, 6) is 0. The molecule has 0 bridgehead atoms. The average Bonchev–Trinajstić information content (AvgIpc) is 2.21. The van der Waals surface area contributed by atoms with Gasteiger partial charge in [0.15, 0.2) is 0 Å². The molecule has 2 rings (SSSR count). The fraction of sp³-hybridized carbons (Fsp3) is 0.429. The van der Waals surface area contributed by atoms with Crippen LogP contribution in [0.15, 0.2) is 24.3 Å². The molecular weight excluding hydrogens is 406 g/mol. The van der Waals surface area contributed by atoms with E-state index in [1.54, 1.807) is 0 Å². The molecule has 80 valence electrons. The average molecular weight is 426 g/mol. The fourth-order valence-electron chi connectivity index (χ4n) is 1.87. The number of fused-ring (bicyclic) bond motifs is 1. The molecule has 0 nitrogen and oxygen atoms in total. The van der Waals surface area contributed by atoms with Gasteiger partial charge in [-0.1, -0.05) is 43.7 Å². The van der Waals surface area contributed by atoms with Gasteiger partial charge in [-0.05, 0) is 43.4 Å². The quantitative estimate of drug-likeness (QED) is 0.578. The van der Waals surface area contributed by atoms with Gasteiger partial charge in [0, 0.05) is 31.1 Å². The summed E-state index contributed by atoms with van der Waals surface area (Å²) >= 11 is 0. The molecule has 0 spiro atoms. The van der Waals surface area contributed by atoms with Crippen LogP contribution in [0.25, 0.3) is 5.57 Å². The summed E-state index contributed by atoms with van der Waals surface area (Å²) in [6, 6.07) is 6.75. The molecular formula is C14H20U. The van der Waals surface area contributed by atoms with Gasteiger partial charge in [-0.25, -0.2) is 0 Å². The molecule has 0 aliphatic heterocycles. The van der Waals surface area contributed by atoms with Crippen molar-refractivity contribution in [2.75, 3.05) is 0 Å². The van der Waals surface area contributed by atoms with E-state index in [1.807, 2.05) is 13.8 Å². The molecule has 0 atom stereocenters. The predicted octanol–water partition coefficient (Wildman–Crippen LogP) is 4.37. The number of benzene rings is 1. The molecule has 15 heavy (non-hydrogen) atoms. The Morgan fingerprint density at radius 1 is 1.07 bits per heavy atom. The van der Waals surface area contributed by atoms with Crippen LogP contribution in [0, 0.1) is 38.0 Å². The van der Waals surface area contributed by atoms with Gasteiger partial charge in [-0.2, -0.15) is 0 Å². The fourth-order valence-corrected chi connectivity index (χ4v) is 1.87. The molecule has 0 heterocycles. The van der Waals surface area contributed by atoms with Crippen LogP contribution < -0.4 is 0 Å². The smallest absolute Gasteiger partial charge is 0 e. The normalized spacial score (nSPS) is 12.7. The molecule has 0 radical (unpaired) electrons. The summed E-state index contributed by atoms with van der Waals surface area (Å²) in [6.07, 6.45) is 4.76. The van der Waals surface area contributed by atoms with Gasteiger partial charge in [0.05, 0.1) is 0 Å². The van der Waals surface area contributed by atoms with Gasteiger partial charge in [0.2, 0.25) is 0 Å². The Hall–Kier alpha value is 0.0119. The van der Waals surface area contributed by atoms with Crippen molar-refractivity contribution in [2.24, 2.45) is 0 Å². The largest absolute Gasteiger partial charge is 0.0807 e. The summed E-state index contributed by atoms with van der Waals surface area (Å²) in [5.41, 5.74) is 5.79. The van der Waals surface area contributed by atoms with Crippen LogP contribution in [0.1, 0.15) is 43.9 Å². The van der Waals surface area contributed by atoms with Gasteiger partial charge in [0.1, 0.15) is 0 Å². The van der Waals surface area contributed by atoms with Crippen molar-refractivity contribution in [3.05, 3.63) is 41.0 Å². The molecule has 0 unspecified atom stereocenters. The van der Waals surface area contributed by atoms with Crippen molar-refractivity contribution in [2.45, 2.75) is 40.5 Å². The third-order valence-electron chi connectivity index (χ3n) is 2.55. The van der Waals surface area contributed by atoms with Gasteiger partial charge in [-0.15, -0.1) is 0 Å². The minimum atomic E-state index is 0. The van der Waals surface area contributed by atoms with Gasteiger partial charge in [-0.3, -0.25) is 0 Å². The first kappa shape index (κ1) is 15.0. The Bertz CT molecular complexity index is 337. The second kappa shape index (κ2) is 7.31. The second-order valence-corrected chi connectivity index (χ2v) is 3.59. The first-order valence-electron chi connectivity index (χ1n) is 5.54. The molecule has 1 aliphatic rings. The van der Waals surface area contributed by atoms with E-state index in [0.717, 1.165) is 0 Å². The van der Waals surface area contributed by atoms with Gasteiger partial charge < -0.3 is 0 Å². The third-order valence-corrected chi connectivity index (χ3v) is 2.55. The molecule has 1 aromatic rings. The molecule has 0 saturated carbocycles. The zero-order valence-corrected chi connectivity index (χ0v) is 14.4. The molecule has 0 aromatic heterocycles. The van der Waals surface area contributed by atoms with Crippen molar-refractivity contribution in [1.82, 2.24) is 0 Å². The summed E-state index contributed by atoms with van der Waals surface area (Å²) in [7, 11) is 0. The SMILES string of the molecule is CC.CC1=CCCc2cc(C)ccc21.[U]. The van der Waals surface area contributed by atoms with Crippen LogP contribution in [0.5, 0.6) is 0 Å². The maximum Gasteiger partial charge on any atom is 0 e. The molecule has 1 aromatic carbocycles. The van der Waals surface area contributed by atoms with Crippen molar-refractivity contribution >= 4 is 5.57 Å². The molecule has 0 amide bonds. The second-order valence-electron chi connectivity index (χ2n) is 3.59. The number of hydrogen-bond acceptors (Lipinski definition) is 0. The summed E-state index contributed by atoms with van der Waals surface area (Å²) < 4.78 is 0. The van der Waals surface area contributed by atoms with Crippen LogP contribution in [-0.4, -0.2) is 0 Å². The minimum Gasteiger partial charge on any atom is -0.0807 e. The first-order chi connectivity index (χ1) is 6.77. The van der Waals surface area contributed by atoms with Crippen molar-refractivity contribution in [3.63, 3.8) is 0 Å². The molecule has 0 N–H and O–H groups in total. The topological polar surface area (TPSA) is 0 Å². The monoisotopic (exact) mass is 426 g/mol. The maximum atomic E-state index is 2.33. The number of hydrogen-bond donors (Lipinski definition) is 0. The Balaban J connectivity index is 0.000000617. The van der Waals surface area contributed by atoms with E-state index < -0.39 is 0 Å².